The van der Waals surface area contributed by atoms with E-state index >= 15 is 0 Å². The average Bonchev–Trinajstić information content (AvgIpc) is 3.00. The van der Waals surface area contributed by atoms with Crippen LogP contribution in [0.1, 0.15) is 0 Å². The van der Waals surface area contributed by atoms with E-state index in [-0.39, 0.29) is 6.01 Å². The van der Waals surface area contributed by atoms with Crippen LogP contribution in [0.25, 0.3) is 22.8 Å². The van der Waals surface area contributed by atoms with Crippen LogP contribution >= 0.6 is 0 Å². The molecule has 0 amide bonds. The minimum atomic E-state index is 0.0587. The van der Waals surface area contributed by atoms with Gasteiger partial charge in [-0.15, -0.1) is 5.10 Å². The van der Waals surface area contributed by atoms with Crippen LogP contribution in [0.2, 0.25) is 0 Å². The third kappa shape index (κ3) is 1.78. The fourth-order valence-electron chi connectivity index (χ4n) is 1.60. The SMILES string of the molecule is Nc1nnc(-c2cccc(-c3ccco3)c2)o1. The van der Waals surface area contributed by atoms with E-state index in [2.05, 4.69) is 10.2 Å². The maximum atomic E-state index is 5.39. The molecular weight excluding hydrogens is 218 g/mol. The van der Waals surface area contributed by atoms with Crippen LogP contribution in [0.4, 0.5) is 6.01 Å². The van der Waals surface area contributed by atoms with Gasteiger partial charge in [0.1, 0.15) is 5.76 Å². The van der Waals surface area contributed by atoms with Gasteiger partial charge < -0.3 is 14.6 Å². The number of benzene rings is 1. The van der Waals surface area contributed by atoms with Gasteiger partial charge in [-0.3, -0.25) is 0 Å². The lowest BCUT2D eigenvalue weighted by molar-refractivity contribution is 0.582. The maximum Gasteiger partial charge on any atom is 0.313 e. The minimum absolute atomic E-state index is 0.0587. The summed E-state index contributed by atoms with van der Waals surface area (Å²) < 4.78 is 10.5. The Balaban J connectivity index is 2.05. The van der Waals surface area contributed by atoms with E-state index in [1.807, 2.05) is 36.4 Å². The van der Waals surface area contributed by atoms with Crippen LogP contribution < -0.4 is 5.73 Å². The second kappa shape index (κ2) is 3.79. The number of nitrogen functional groups attached to an aromatic ring is 1. The predicted octanol–water partition coefficient (Wildman–Crippen LogP) is 2.58. The zero-order valence-electron chi connectivity index (χ0n) is 8.83. The van der Waals surface area contributed by atoms with E-state index < -0.39 is 0 Å². The third-order valence-electron chi connectivity index (χ3n) is 2.36. The van der Waals surface area contributed by atoms with Crippen LogP contribution in [-0.4, -0.2) is 10.2 Å². The zero-order valence-corrected chi connectivity index (χ0v) is 8.83. The lowest BCUT2D eigenvalue weighted by Crippen LogP contribution is -1.81. The van der Waals surface area contributed by atoms with E-state index in [0.717, 1.165) is 16.9 Å². The largest absolute Gasteiger partial charge is 0.464 e. The molecule has 2 aromatic heterocycles. The Hall–Kier alpha value is -2.56. The lowest BCUT2D eigenvalue weighted by atomic mass is 10.1. The monoisotopic (exact) mass is 227 g/mol. The van der Waals surface area contributed by atoms with Crippen molar-refractivity contribution in [3.05, 3.63) is 42.7 Å². The number of aromatic nitrogens is 2. The van der Waals surface area contributed by atoms with Gasteiger partial charge in [0.15, 0.2) is 0 Å². The molecule has 5 heteroatoms. The van der Waals surface area contributed by atoms with Crippen molar-refractivity contribution < 1.29 is 8.83 Å². The molecule has 0 spiro atoms. The molecule has 0 saturated carbocycles. The van der Waals surface area contributed by atoms with Crippen LogP contribution in [0, 0.1) is 0 Å². The number of rotatable bonds is 2. The van der Waals surface area contributed by atoms with Gasteiger partial charge in [-0.1, -0.05) is 17.2 Å². The molecule has 0 atom stereocenters. The molecule has 5 nitrogen and oxygen atoms in total. The van der Waals surface area contributed by atoms with Gasteiger partial charge >= 0.3 is 6.01 Å². The molecule has 0 unspecified atom stereocenters. The Morgan fingerprint density at radius 1 is 1.00 bits per heavy atom. The van der Waals surface area contributed by atoms with Gasteiger partial charge in [0.05, 0.1) is 6.26 Å². The summed E-state index contributed by atoms with van der Waals surface area (Å²) in [4.78, 5) is 0. The standard InChI is InChI=1S/C12H9N3O2/c13-12-15-14-11(17-12)9-4-1-3-8(7-9)10-5-2-6-16-10/h1-7H,(H2,13,15). The summed E-state index contributed by atoms with van der Waals surface area (Å²) in [5, 5.41) is 7.46. The highest BCUT2D eigenvalue weighted by Gasteiger charge is 2.08. The van der Waals surface area contributed by atoms with Crippen molar-refractivity contribution in [3.63, 3.8) is 0 Å². The van der Waals surface area contributed by atoms with E-state index in [0.29, 0.717) is 5.89 Å². The number of hydrogen-bond donors (Lipinski definition) is 1. The minimum Gasteiger partial charge on any atom is -0.464 e. The van der Waals surface area contributed by atoms with E-state index in [9.17, 15) is 0 Å². The number of nitrogens with zero attached hydrogens (tertiary/aromatic N) is 2. The van der Waals surface area contributed by atoms with Crippen LogP contribution in [-0.2, 0) is 0 Å². The number of anilines is 1. The first kappa shape index (κ1) is 9.65. The first-order valence-electron chi connectivity index (χ1n) is 5.06. The highest BCUT2D eigenvalue weighted by Crippen LogP contribution is 2.26. The topological polar surface area (TPSA) is 78.1 Å². The fourth-order valence-corrected chi connectivity index (χ4v) is 1.60. The maximum absolute atomic E-state index is 5.39. The van der Waals surface area contributed by atoms with Crippen molar-refractivity contribution in [1.29, 1.82) is 0 Å². The Morgan fingerprint density at radius 2 is 1.88 bits per heavy atom. The van der Waals surface area contributed by atoms with E-state index in [4.69, 9.17) is 14.6 Å². The molecule has 17 heavy (non-hydrogen) atoms. The number of furan rings is 1. The molecule has 3 rings (SSSR count). The van der Waals surface area contributed by atoms with Gasteiger partial charge in [-0.05, 0) is 24.3 Å². The fraction of sp³-hybridized carbons (Fsp3) is 0. The summed E-state index contributed by atoms with van der Waals surface area (Å²) in [6.45, 7) is 0. The predicted molar refractivity (Wildman–Crippen MR) is 61.8 cm³/mol. The van der Waals surface area contributed by atoms with Crippen LogP contribution in [0.5, 0.6) is 0 Å². The van der Waals surface area contributed by atoms with Crippen molar-refractivity contribution in [2.75, 3.05) is 5.73 Å². The third-order valence-corrected chi connectivity index (χ3v) is 2.36. The molecule has 1 aromatic carbocycles. The van der Waals surface area contributed by atoms with Crippen molar-refractivity contribution in [1.82, 2.24) is 10.2 Å². The molecule has 2 N–H and O–H groups in total. The molecule has 0 fully saturated rings. The summed E-state index contributed by atoms with van der Waals surface area (Å²) in [5.74, 6) is 1.19. The molecular formula is C12H9N3O2. The first-order valence-corrected chi connectivity index (χ1v) is 5.06. The van der Waals surface area contributed by atoms with Crippen molar-refractivity contribution >= 4 is 6.01 Å². The highest BCUT2D eigenvalue weighted by molar-refractivity contribution is 5.66. The van der Waals surface area contributed by atoms with Gasteiger partial charge in [-0.2, -0.15) is 0 Å². The summed E-state index contributed by atoms with van der Waals surface area (Å²) in [6, 6.07) is 11.4. The molecule has 0 aliphatic carbocycles. The molecule has 0 aliphatic heterocycles. The van der Waals surface area contributed by atoms with Crippen molar-refractivity contribution in [2.24, 2.45) is 0 Å². The average molecular weight is 227 g/mol. The molecule has 2 heterocycles. The van der Waals surface area contributed by atoms with Crippen LogP contribution in [0.15, 0.2) is 51.5 Å². The molecule has 0 saturated heterocycles. The normalized spacial score (nSPS) is 10.6. The summed E-state index contributed by atoms with van der Waals surface area (Å²) in [6.07, 6.45) is 1.63. The van der Waals surface area contributed by atoms with Crippen LogP contribution in [0.3, 0.4) is 0 Å². The highest BCUT2D eigenvalue weighted by atomic mass is 16.4. The van der Waals surface area contributed by atoms with E-state index in [1.54, 1.807) is 6.26 Å². The second-order valence-corrected chi connectivity index (χ2v) is 3.50. The summed E-state index contributed by atoms with van der Waals surface area (Å²) >= 11 is 0. The molecule has 0 radical (unpaired) electrons. The van der Waals surface area contributed by atoms with Crippen molar-refractivity contribution in [2.45, 2.75) is 0 Å². The Bertz CT molecular complexity index is 629. The van der Waals surface area contributed by atoms with Gasteiger partial charge in [-0.25, -0.2) is 0 Å². The molecule has 3 aromatic rings. The van der Waals surface area contributed by atoms with Gasteiger partial charge in [0, 0.05) is 11.1 Å². The lowest BCUT2D eigenvalue weighted by Gasteiger charge is -1.99. The smallest absolute Gasteiger partial charge is 0.313 e. The summed E-state index contributed by atoms with van der Waals surface area (Å²) in [7, 11) is 0. The summed E-state index contributed by atoms with van der Waals surface area (Å²) in [5.41, 5.74) is 7.15. The Labute approximate surface area is 96.9 Å². The van der Waals surface area contributed by atoms with Gasteiger partial charge in [0.25, 0.3) is 0 Å². The molecule has 0 bridgehead atoms. The van der Waals surface area contributed by atoms with Crippen molar-refractivity contribution in [3.8, 4) is 22.8 Å². The molecule has 84 valence electrons. The second-order valence-electron chi connectivity index (χ2n) is 3.50. The number of hydrogen-bond acceptors (Lipinski definition) is 5. The number of nitrogens with two attached hydrogens (primary N) is 1. The van der Waals surface area contributed by atoms with Gasteiger partial charge in [0.2, 0.25) is 5.89 Å². The van der Waals surface area contributed by atoms with E-state index in [1.165, 1.54) is 0 Å². The zero-order chi connectivity index (χ0) is 11.7. The first-order chi connectivity index (χ1) is 8.33. The Kier molecular flexibility index (Phi) is 2.15. The quantitative estimate of drug-likeness (QED) is 0.727. The molecule has 0 aliphatic rings. The Morgan fingerprint density at radius 3 is 2.59 bits per heavy atom.